The second-order valence-electron chi connectivity index (χ2n) is 4.52. The average Bonchev–Trinajstić information content (AvgIpc) is 2.77. The number of hydrogen-bond donors (Lipinski definition) is 2. The SMILES string of the molecule is COc1cc(CNC(=O)[C@H]2CCCCN2)nn1C. The first-order chi connectivity index (χ1) is 8.70. The summed E-state index contributed by atoms with van der Waals surface area (Å²) < 4.78 is 6.78. The van der Waals surface area contributed by atoms with Gasteiger partial charge in [0.25, 0.3) is 0 Å². The number of aromatic nitrogens is 2. The van der Waals surface area contributed by atoms with E-state index >= 15 is 0 Å². The van der Waals surface area contributed by atoms with Crippen LogP contribution in [0.4, 0.5) is 0 Å². The van der Waals surface area contributed by atoms with Crippen molar-refractivity contribution in [1.82, 2.24) is 20.4 Å². The molecule has 2 N–H and O–H groups in total. The van der Waals surface area contributed by atoms with Crippen LogP contribution < -0.4 is 15.4 Å². The highest BCUT2D eigenvalue weighted by Gasteiger charge is 2.20. The summed E-state index contributed by atoms with van der Waals surface area (Å²) in [5, 5.41) is 10.4. The molecule has 0 aromatic carbocycles. The van der Waals surface area contributed by atoms with Gasteiger partial charge >= 0.3 is 0 Å². The molecule has 6 nitrogen and oxygen atoms in total. The molecule has 0 spiro atoms. The van der Waals surface area contributed by atoms with E-state index in [1.165, 1.54) is 0 Å². The number of nitrogens with one attached hydrogen (secondary N) is 2. The van der Waals surface area contributed by atoms with Crippen LogP contribution in [-0.2, 0) is 18.4 Å². The van der Waals surface area contributed by atoms with Crippen molar-refractivity contribution in [3.8, 4) is 5.88 Å². The zero-order valence-electron chi connectivity index (χ0n) is 10.9. The van der Waals surface area contributed by atoms with Crippen molar-refractivity contribution >= 4 is 5.91 Å². The number of methoxy groups -OCH3 is 1. The number of hydrogen-bond acceptors (Lipinski definition) is 4. The Balaban J connectivity index is 1.84. The number of piperidine rings is 1. The molecule has 1 atom stereocenters. The predicted molar refractivity (Wildman–Crippen MR) is 67.2 cm³/mol. The normalized spacial score (nSPS) is 19.6. The van der Waals surface area contributed by atoms with Gasteiger partial charge < -0.3 is 15.4 Å². The van der Waals surface area contributed by atoms with Crippen LogP contribution in [-0.4, -0.2) is 35.4 Å². The third-order valence-corrected chi connectivity index (χ3v) is 3.17. The van der Waals surface area contributed by atoms with Gasteiger partial charge in [-0.15, -0.1) is 0 Å². The van der Waals surface area contributed by atoms with Crippen LogP contribution in [0.2, 0.25) is 0 Å². The zero-order chi connectivity index (χ0) is 13.0. The highest BCUT2D eigenvalue weighted by atomic mass is 16.5. The lowest BCUT2D eigenvalue weighted by molar-refractivity contribution is -0.123. The van der Waals surface area contributed by atoms with Crippen LogP contribution in [0.15, 0.2) is 6.07 Å². The van der Waals surface area contributed by atoms with Gasteiger partial charge in [0.1, 0.15) is 0 Å². The lowest BCUT2D eigenvalue weighted by Crippen LogP contribution is -2.46. The van der Waals surface area contributed by atoms with Crippen molar-refractivity contribution in [3.63, 3.8) is 0 Å². The van der Waals surface area contributed by atoms with Crippen LogP contribution in [0.25, 0.3) is 0 Å². The number of carbonyl (C=O) groups excluding carboxylic acids is 1. The maximum atomic E-state index is 11.9. The summed E-state index contributed by atoms with van der Waals surface area (Å²) in [6.45, 7) is 1.36. The topological polar surface area (TPSA) is 68.2 Å². The van der Waals surface area contributed by atoms with E-state index in [4.69, 9.17) is 4.74 Å². The lowest BCUT2D eigenvalue weighted by Gasteiger charge is -2.22. The summed E-state index contributed by atoms with van der Waals surface area (Å²) in [6.07, 6.45) is 3.18. The molecule has 1 aliphatic rings. The molecule has 0 saturated carbocycles. The maximum absolute atomic E-state index is 11.9. The molecule has 0 aliphatic carbocycles. The molecule has 2 heterocycles. The van der Waals surface area contributed by atoms with Crippen LogP contribution in [0.1, 0.15) is 25.0 Å². The highest BCUT2D eigenvalue weighted by Crippen LogP contribution is 2.11. The van der Waals surface area contributed by atoms with Crippen molar-refractivity contribution in [2.24, 2.45) is 7.05 Å². The summed E-state index contributed by atoms with van der Waals surface area (Å²) >= 11 is 0. The third kappa shape index (κ3) is 3.01. The van der Waals surface area contributed by atoms with Crippen molar-refractivity contribution in [3.05, 3.63) is 11.8 Å². The molecular weight excluding hydrogens is 232 g/mol. The van der Waals surface area contributed by atoms with Crippen LogP contribution in [0.3, 0.4) is 0 Å². The van der Waals surface area contributed by atoms with Crippen molar-refractivity contribution < 1.29 is 9.53 Å². The fraction of sp³-hybridized carbons (Fsp3) is 0.667. The van der Waals surface area contributed by atoms with E-state index in [1.54, 1.807) is 11.8 Å². The third-order valence-electron chi connectivity index (χ3n) is 3.17. The molecule has 6 heteroatoms. The Bertz CT molecular complexity index is 410. The summed E-state index contributed by atoms with van der Waals surface area (Å²) in [6, 6.07) is 1.78. The number of rotatable bonds is 4. The Morgan fingerprint density at radius 3 is 3.11 bits per heavy atom. The van der Waals surface area contributed by atoms with Crippen LogP contribution in [0, 0.1) is 0 Å². The summed E-state index contributed by atoms with van der Waals surface area (Å²) in [5.74, 6) is 0.745. The van der Waals surface area contributed by atoms with E-state index in [1.807, 2.05) is 13.1 Å². The van der Waals surface area contributed by atoms with Gasteiger partial charge in [0.2, 0.25) is 11.8 Å². The van der Waals surface area contributed by atoms with E-state index < -0.39 is 0 Å². The predicted octanol–water partition coefficient (Wildman–Crippen LogP) is 0.187. The number of aryl methyl sites for hydroxylation is 1. The Labute approximate surface area is 107 Å². The standard InChI is InChI=1S/C12H20N4O2/c1-16-11(18-2)7-9(15-16)8-14-12(17)10-5-3-4-6-13-10/h7,10,13H,3-6,8H2,1-2H3,(H,14,17)/t10-/m1/s1. The number of amides is 1. The first-order valence-corrected chi connectivity index (χ1v) is 6.28. The minimum absolute atomic E-state index is 0.0515. The molecule has 1 aromatic rings. The van der Waals surface area contributed by atoms with E-state index in [0.717, 1.165) is 31.5 Å². The summed E-state index contributed by atoms with van der Waals surface area (Å²) in [4.78, 5) is 11.9. The minimum atomic E-state index is -0.0515. The average molecular weight is 252 g/mol. The second kappa shape index (κ2) is 5.86. The Hall–Kier alpha value is -1.56. The maximum Gasteiger partial charge on any atom is 0.237 e. The second-order valence-corrected chi connectivity index (χ2v) is 4.52. The van der Waals surface area contributed by atoms with Crippen molar-refractivity contribution in [1.29, 1.82) is 0 Å². The van der Waals surface area contributed by atoms with E-state index in [9.17, 15) is 4.79 Å². The summed E-state index contributed by atoms with van der Waals surface area (Å²) in [5.41, 5.74) is 0.804. The fourth-order valence-corrected chi connectivity index (χ4v) is 2.16. The lowest BCUT2D eigenvalue weighted by atomic mass is 10.0. The minimum Gasteiger partial charge on any atom is -0.481 e. The Morgan fingerprint density at radius 2 is 2.50 bits per heavy atom. The molecule has 2 rings (SSSR count). The Morgan fingerprint density at radius 1 is 1.67 bits per heavy atom. The molecule has 0 radical (unpaired) electrons. The van der Waals surface area contributed by atoms with E-state index in [-0.39, 0.29) is 11.9 Å². The highest BCUT2D eigenvalue weighted by molar-refractivity contribution is 5.81. The largest absolute Gasteiger partial charge is 0.481 e. The first kappa shape index (κ1) is 12.9. The molecule has 0 bridgehead atoms. The van der Waals surface area contributed by atoms with Gasteiger partial charge in [0, 0.05) is 13.1 Å². The van der Waals surface area contributed by atoms with Gasteiger partial charge in [-0.3, -0.25) is 4.79 Å². The first-order valence-electron chi connectivity index (χ1n) is 6.28. The Kier molecular flexibility index (Phi) is 4.19. The number of ether oxygens (including phenoxy) is 1. The van der Waals surface area contributed by atoms with Gasteiger partial charge in [-0.25, -0.2) is 4.68 Å². The van der Waals surface area contributed by atoms with E-state index in [2.05, 4.69) is 15.7 Å². The van der Waals surface area contributed by atoms with E-state index in [0.29, 0.717) is 12.4 Å². The molecule has 1 amide bonds. The molecule has 1 aliphatic heterocycles. The van der Waals surface area contributed by atoms with Crippen molar-refractivity contribution in [2.45, 2.75) is 31.8 Å². The van der Waals surface area contributed by atoms with Gasteiger partial charge in [-0.1, -0.05) is 6.42 Å². The van der Waals surface area contributed by atoms with Gasteiger partial charge in [0.15, 0.2) is 0 Å². The number of carbonyl (C=O) groups is 1. The smallest absolute Gasteiger partial charge is 0.237 e. The van der Waals surface area contributed by atoms with Gasteiger partial charge in [0.05, 0.1) is 25.4 Å². The molecule has 0 unspecified atom stereocenters. The van der Waals surface area contributed by atoms with Gasteiger partial charge in [-0.2, -0.15) is 5.10 Å². The number of nitrogens with zero attached hydrogens (tertiary/aromatic N) is 2. The van der Waals surface area contributed by atoms with Crippen LogP contribution in [0.5, 0.6) is 5.88 Å². The molecule has 18 heavy (non-hydrogen) atoms. The molecule has 100 valence electrons. The molecule has 1 saturated heterocycles. The summed E-state index contributed by atoms with van der Waals surface area (Å²) in [7, 11) is 3.41. The van der Waals surface area contributed by atoms with Crippen LogP contribution >= 0.6 is 0 Å². The monoisotopic (exact) mass is 252 g/mol. The molecular formula is C12H20N4O2. The molecule has 1 fully saturated rings. The zero-order valence-corrected chi connectivity index (χ0v) is 10.9. The van der Waals surface area contributed by atoms with Gasteiger partial charge in [-0.05, 0) is 19.4 Å². The molecule has 1 aromatic heterocycles. The fourth-order valence-electron chi connectivity index (χ4n) is 2.16. The van der Waals surface area contributed by atoms with Crippen molar-refractivity contribution in [2.75, 3.05) is 13.7 Å². The quantitative estimate of drug-likeness (QED) is 0.802.